The summed E-state index contributed by atoms with van der Waals surface area (Å²) in [6, 6.07) is 14.4. The smallest absolute Gasteiger partial charge is 0.307 e. The number of hydrazone groups is 1. The maximum Gasteiger partial charge on any atom is 0.307 e. The molecule has 2 atom stereocenters. The second-order valence-electron chi connectivity index (χ2n) is 5.98. The van der Waals surface area contributed by atoms with Crippen LogP contribution in [0, 0.1) is 11.8 Å². The Kier molecular flexibility index (Phi) is 5.61. The molecule has 3 rings (SSSR count). The lowest BCUT2D eigenvalue weighted by molar-refractivity contribution is -0.142. The second kappa shape index (κ2) is 8.08. The van der Waals surface area contributed by atoms with Crippen LogP contribution in [0.25, 0.3) is 10.4 Å². The van der Waals surface area contributed by atoms with E-state index in [1.807, 2.05) is 24.4 Å². The van der Waals surface area contributed by atoms with Gasteiger partial charge in [-0.2, -0.15) is 5.10 Å². The van der Waals surface area contributed by atoms with Crippen LogP contribution in [0.5, 0.6) is 0 Å². The number of piperidine rings is 1. The van der Waals surface area contributed by atoms with E-state index in [4.69, 9.17) is 5.11 Å². The zero-order valence-corrected chi connectivity index (χ0v) is 14.1. The molecule has 3 N–H and O–H groups in total. The van der Waals surface area contributed by atoms with Gasteiger partial charge < -0.3 is 15.8 Å². The molecule has 0 unspecified atom stereocenters. The molecule has 1 fully saturated rings. The predicted molar refractivity (Wildman–Crippen MR) is 97.5 cm³/mol. The Hall–Kier alpha value is -2.18. The molecule has 24 heavy (non-hydrogen) atoms. The van der Waals surface area contributed by atoms with Gasteiger partial charge in [0.2, 0.25) is 0 Å². The Morgan fingerprint density at radius 2 is 2.12 bits per heavy atom. The monoisotopic (exact) mass is 343 g/mol. The predicted octanol–water partition coefficient (Wildman–Crippen LogP) is 2.65. The number of carboxylic acid groups (broad SMARTS) is 1. The lowest BCUT2D eigenvalue weighted by atomic mass is 9.91. The molecule has 2 aromatic rings. The normalized spacial score (nSPS) is 21.0. The fourth-order valence-corrected chi connectivity index (χ4v) is 3.73. The highest BCUT2D eigenvalue weighted by Crippen LogP contribution is 2.26. The first-order valence-corrected chi connectivity index (χ1v) is 8.88. The minimum Gasteiger partial charge on any atom is -0.481 e. The summed E-state index contributed by atoms with van der Waals surface area (Å²) in [5, 5.41) is 16.5. The number of benzene rings is 1. The van der Waals surface area contributed by atoms with Crippen molar-refractivity contribution in [3.63, 3.8) is 0 Å². The van der Waals surface area contributed by atoms with Crippen molar-refractivity contribution in [2.45, 2.75) is 6.42 Å². The van der Waals surface area contributed by atoms with Crippen molar-refractivity contribution in [2.24, 2.45) is 16.9 Å². The number of carbonyl (C=O) groups is 1. The maximum absolute atomic E-state index is 11.0. The number of aliphatic carboxylic acids is 1. The SMILES string of the molecule is O=C(O)[C@H]1CNC[C@@H](CN/N=C/c2ccc(-c3ccccc3)s2)C1. The molecule has 1 aliphatic heterocycles. The van der Waals surface area contributed by atoms with Crippen LogP contribution >= 0.6 is 11.3 Å². The Morgan fingerprint density at radius 3 is 2.92 bits per heavy atom. The molecule has 0 bridgehead atoms. The summed E-state index contributed by atoms with van der Waals surface area (Å²) in [4.78, 5) is 13.4. The van der Waals surface area contributed by atoms with Gasteiger partial charge in [-0.1, -0.05) is 30.3 Å². The molecule has 126 valence electrons. The van der Waals surface area contributed by atoms with Crippen LogP contribution in [-0.4, -0.2) is 36.9 Å². The molecule has 5 nitrogen and oxygen atoms in total. The van der Waals surface area contributed by atoms with E-state index >= 15 is 0 Å². The van der Waals surface area contributed by atoms with Gasteiger partial charge >= 0.3 is 5.97 Å². The second-order valence-corrected chi connectivity index (χ2v) is 7.10. The van der Waals surface area contributed by atoms with E-state index in [1.54, 1.807) is 11.3 Å². The van der Waals surface area contributed by atoms with Gasteiger partial charge in [-0.25, -0.2) is 0 Å². The highest BCUT2D eigenvalue weighted by atomic mass is 32.1. The highest BCUT2D eigenvalue weighted by Gasteiger charge is 2.26. The standard InChI is InChI=1S/C18H21N3O2S/c22-18(23)15-8-13(9-19-11-15)10-20-21-12-16-6-7-17(24-16)14-4-2-1-3-5-14/h1-7,12-13,15,19-20H,8-11H2,(H,22,23)/b21-12+/t13-,15+/m0/s1. The van der Waals surface area contributed by atoms with Crippen LogP contribution in [0.15, 0.2) is 47.6 Å². The molecule has 1 aromatic heterocycles. The first-order chi connectivity index (χ1) is 11.7. The largest absolute Gasteiger partial charge is 0.481 e. The maximum atomic E-state index is 11.0. The minimum absolute atomic E-state index is 0.291. The quantitative estimate of drug-likeness (QED) is 0.557. The molecule has 1 saturated heterocycles. The van der Waals surface area contributed by atoms with Gasteiger partial charge in [0.1, 0.15) is 0 Å². The van der Waals surface area contributed by atoms with Crippen molar-refractivity contribution in [3.05, 3.63) is 47.3 Å². The number of thiophene rings is 1. The first-order valence-electron chi connectivity index (χ1n) is 8.07. The molecule has 0 spiro atoms. The van der Waals surface area contributed by atoms with E-state index in [0.717, 1.165) is 11.4 Å². The van der Waals surface area contributed by atoms with E-state index in [9.17, 15) is 4.79 Å². The van der Waals surface area contributed by atoms with Crippen LogP contribution in [-0.2, 0) is 4.79 Å². The van der Waals surface area contributed by atoms with E-state index in [2.05, 4.69) is 40.1 Å². The molecule has 6 heteroatoms. The summed E-state index contributed by atoms with van der Waals surface area (Å²) >= 11 is 1.70. The van der Waals surface area contributed by atoms with Gasteiger partial charge in [0.05, 0.1) is 12.1 Å². The fraction of sp³-hybridized carbons (Fsp3) is 0.333. The average molecular weight is 343 g/mol. The molecule has 0 aliphatic carbocycles. The van der Waals surface area contributed by atoms with Gasteiger partial charge in [0.15, 0.2) is 0 Å². The van der Waals surface area contributed by atoms with Crippen LogP contribution in [0.2, 0.25) is 0 Å². The number of hydrogen-bond acceptors (Lipinski definition) is 5. The Balaban J connectivity index is 1.49. The summed E-state index contributed by atoms with van der Waals surface area (Å²) < 4.78 is 0. The number of nitrogens with one attached hydrogen (secondary N) is 2. The third-order valence-corrected chi connectivity index (χ3v) is 5.21. The number of hydrogen-bond donors (Lipinski definition) is 3. The summed E-state index contributed by atoms with van der Waals surface area (Å²) in [6.07, 6.45) is 2.52. The minimum atomic E-state index is -0.720. The molecule has 0 amide bonds. The van der Waals surface area contributed by atoms with Crippen molar-refractivity contribution in [1.29, 1.82) is 0 Å². The summed E-state index contributed by atoms with van der Waals surface area (Å²) in [6.45, 7) is 2.08. The molecule has 1 aliphatic rings. The van der Waals surface area contributed by atoms with E-state index < -0.39 is 5.97 Å². The lowest BCUT2D eigenvalue weighted by Gasteiger charge is -2.27. The molecule has 0 radical (unpaired) electrons. The number of nitrogens with zero attached hydrogens (tertiary/aromatic N) is 1. The third kappa shape index (κ3) is 4.43. The Morgan fingerprint density at radius 1 is 1.29 bits per heavy atom. The molecule has 2 heterocycles. The van der Waals surface area contributed by atoms with Crippen LogP contribution in [0.4, 0.5) is 0 Å². The number of carboxylic acids is 1. The summed E-state index contributed by atoms with van der Waals surface area (Å²) in [7, 11) is 0. The molecule has 1 aromatic carbocycles. The van der Waals surface area contributed by atoms with Gasteiger partial charge in [-0.15, -0.1) is 11.3 Å². The van der Waals surface area contributed by atoms with Crippen molar-refractivity contribution in [3.8, 4) is 10.4 Å². The van der Waals surface area contributed by atoms with Crippen LogP contribution < -0.4 is 10.7 Å². The molecular formula is C18H21N3O2S. The number of rotatable bonds is 6. The Bertz CT molecular complexity index is 699. The topological polar surface area (TPSA) is 73.7 Å². The highest BCUT2D eigenvalue weighted by molar-refractivity contribution is 7.17. The van der Waals surface area contributed by atoms with E-state index in [-0.39, 0.29) is 5.92 Å². The van der Waals surface area contributed by atoms with Gasteiger partial charge in [-0.05, 0) is 36.6 Å². The van der Waals surface area contributed by atoms with Crippen molar-refractivity contribution < 1.29 is 9.90 Å². The van der Waals surface area contributed by atoms with Gasteiger partial charge in [0, 0.05) is 22.8 Å². The van der Waals surface area contributed by atoms with E-state index in [1.165, 1.54) is 10.4 Å². The first kappa shape index (κ1) is 16.7. The zero-order valence-electron chi connectivity index (χ0n) is 13.3. The zero-order chi connectivity index (χ0) is 16.8. The van der Waals surface area contributed by atoms with Crippen LogP contribution in [0.1, 0.15) is 11.3 Å². The molecular weight excluding hydrogens is 322 g/mol. The molecule has 0 saturated carbocycles. The third-order valence-electron chi connectivity index (χ3n) is 4.14. The van der Waals surface area contributed by atoms with Crippen molar-refractivity contribution in [2.75, 3.05) is 19.6 Å². The average Bonchev–Trinajstić information content (AvgIpc) is 3.09. The lowest BCUT2D eigenvalue weighted by Crippen LogP contribution is -2.42. The Labute approximate surface area is 145 Å². The summed E-state index contributed by atoms with van der Waals surface area (Å²) in [5.74, 6) is -0.719. The fourth-order valence-electron chi connectivity index (χ4n) is 2.85. The van der Waals surface area contributed by atoms with Crippen LogP contribution in [0.3, 0.4) is 0 Å². The van der Waals surface area contributed by atoms with Gasteiger partial charge in [0.25, 0.3) is 0 Å². The van der Waals surface area contributed by atoms with E-state index in [0.29, 0.717) is 25.4 Å². The summed E-state index contributed by atoms with van der Waals surface area (Å²) in [5.41, 5.74) is 4.27. The van der Waals surface area contributed by atoms with Crippen molar-refractivity contribution >= 4 is 23.5 Å². The van der Waals surface area contributed by atoms with Gasteiger partial charge in [-0.3, -0.25) is 4.79 Å². The van der Waals surface area contributed by atoms with Crippen molar-refractivity contribution in [1.82, 2.24) is 10.7 Å².